The number of unbranched alkanes of at least 4 members (excludes halogenated alkanes) is 2. The first-order valence-corrected chi connectivity index (χ1v) is 6.35. The van der Waals surface area contributed by atoms with Crippen LogP contribution in [0.2, 0.25) is 5.02 Å². The van der Waals surface area contributed by atoms with Crippen LogP contribution in [0.25, 0.3) is 0 Å². The lowest BCUT2D eigenvalue weighted by Gasteiger charge is -2.17. The molecule has 0 atom stereocenters. The van der Waals surface area contributed by atoms with Gasteiger partial charge in [-0.3, -0.25) is 4.79 Å². The van der Waals surface area contributed by atoms with Crippen LogP contribution in [0.5, 0.6) is 0 Å². The molecule has 100 valence electrons. The van der Waals surface area contributed by atoms with E-state index >= 15 is 0 Å². The second-order valence-electron chi connectivity index (χ2n) is 4.25. The van der Waals surface area contributed by atoms with Gasteiger partial charge in [-0.05, 0) is 37.5 Å². The van der Waals surface area contributed by atoms with Crippen molar-refractivity contribution >= 4 is 23.2 Å². The Morgan fingerprint density at radius 2 is 2.11 bits per heavy atom. The van der Waals surface area contributed by atoms with Crippen LogP contribution in [0.3, 0.4) is 0 Å². The van der Waals surface area contributed by atoms with E-state index < -0.39 is 0 Å². The van der Waals surface area contributed by atoms with E-state index in [4.69, 9.17) is 22.4 Å². The highest BCUT2D eigenvalue weighted by molar-refractivity contribution is 6.33. The first-order chi connectivity index (χ1) is 8.56. The van der Waals surface area contributed by atoms with Gasteiger partial charge in [-0.15, -0.1) is 0 Å². The van der Waals surface area contributed by atoms with Gasteiger partial charge in [0.15, 0.2) is 0 Å². The Labute approximate surface area is 112 Å². The normalized spacial score (nSPS) is 10.4. The minimum Gasteiger partial charge on any atom is -0.398 e. The highest BCUT2D eigenvalue weighted by Gasteiger charge is 2.12. The average molecular weight is 271 g/mol. The zero-order valence-corrected chi connectivity index (χ0v) is 11.3. The van der Waals surface area contributed by atoms with Gasteiger partial charge in [0.25, 0.3) is 5.91 Å². The summed E-state index contributed by atoms with van der Waals surface area (Å²) in [6.45, 7) is 0.868. The molecule has 0 aliphatic heterocycles. The number of hydrogen-bond donors (Lipinski definition) is 2. The van der Waals surface area contributed by atoms with E-state index in [9.17, 15) is 4.79 Å². The van der Waals surface area contributed by atoms with E-state index in [2.05, 4.69) is 0 Å². The summed E-state index contributed by atoms with van der Waals surface area (Å²) in [5, 5.41) is 9.12. The molecule has 0 fully saturated rings. The molecule has 18 heavy (non-hydrogen) atoms. The lowest BCUT2D eigenvalue weighted by atomic mass is 10.1. The monoisotopic (exact) mass is 270 g/mol. The molecular formula is C13H19ClN2O2. The Bertz CT molecular complexity index is 410. The van der Waals surface area contributed by atoms with E-state index in [1.54, 1.807) is 30.1 Å². The van der Waals surface area contributed by atoms with E-state index in [0.717, 1.165) is 19.3 Å². The molecule has 0 aromatic heterocycles. The Morgan fingerprint density at radius 3 is 2.72 bits per heavy atom. The molecule has 1 amide bonds. The van der Waals surface area contributed by atoms with Gasteiger partial charge in [0.05, 0.1) is 10.7 Å². The van der Waals surface area contributed by atoms with Crippen LogP contribution in [0.1, 0.15) is 29.6 Å². The second-order valence-corrected chi connectivity index (χ2v) is 4.65. The molecular weight excluding hydrogens is 252 g/mol. The Balaban J connectivity index is 2.54. The summed E-state index contributed by atoms with van der Waals surface area (Å²) >= 11 is 5.81. The highest BCUT2D eigenvalue weighted by atomic mass is 35.5. The molecule has 0 unspecified atom stereocenters. The van der Waals surface area contributed by atoms with Gasteiger partial charge >= 0.3 is 0 Å². The summed E-state index contributed by atoms with van der Waals surface area (Å²) < 4.78 is 0. The zero-order chi connectivity index (χ0) is 13.5. The molecule has 0 aliphatic carbocycles. The highest BCUT2D eigenvalue weighted by Crippen LogP contribution is 2.20. The van der Waals surface area contributed by atoms with Crippen molar-refractivity contribution in [1.82, 2.24) is 4.90 Å². The summed E-state index contributed by atoms with van der Waals surface area (Å²) in [6, 6.07) is 4.89. The van der Waals surface area contributed by atoms with Crippen molar-refractivity contribution in [3.05, 3.63) is 28.8 Å². The number of nitrogens with zero attached hydrogens (tertiary/aromatic N) is 1. The number of rotatable bonds is 6. The van der Waals surface area contributed by atoms with Gasteiger partial charge in [0, 0.05) is 25.8 Å². The van der Waals surface area contributed by atoms with Gasteiger partial charge in [0.2, 0.25) is 0 Å². The maximum atomic E-state index is 12.0. The molecule has 0 bridgehead atoms. The fraction of sp³-hybridized carbons (Fsp3) is 0.462. The van der Waals surface area contributed by atoms with Crippen LogP contribution in [-0.4, -0.2) is 36.1 Å². The van der Waals surface area contributed by atoms with Crippen LogP contribution in [0.4, 0.5) is 5.69 Å². The van der Waals surface area contributed by atoms with Crippen LogP contribution in [0, 0.1) is 0 Å². The van der Waals surface area contributed by atoms with Crippen molar-refractivity contribution in [3.8, 4) is 0 Å². The topological polar surface area (TPSA) is 66.6 Å². The van der Waals surface area contributed by atoms with Crippen LogP contribution < -0.4 is 5.73 Å². The number of anilines is 1. The van der Waals surface area contributed by atoms with Gasteiger partial charge < -0.3 is 15.7 Å². The van der Waals surface area contributed by atoms with Crippen molar-refractivity contribution in [1.29, 1.82) is 0 Å². The van der Waals surface area contributed by atoms with Crippen molar-refractivity contribution < 1.29 is 9.90 Å². The predicted molar refractivity (Wildman–Crippen MR) is 73.8 cm³/mol. The minimum atomic E-state index is -0.0673. The van der Waals surface area contributed by atoms with E-state index in [0.29, 0.717) is 22.8 Å². The van der Waals surface area contributed by atoms with E-state index in [-0.39, 0.29) is 12.5 Å². The van der Waals surface area contributed by atoms with Crippen molar-refractivity contribution in [2.75, 3.05) is 25.9 Å². The zero-order valence-electron chi connectivity index (χ0n) is 10.5. The standard InChI is InChI=1S/C13H19ClN2O2/c1-16(7-3-2-4-8-17)13(18)10-5-6-11(14)12(15)9-10/h5-6,9,17H,2-4,7-8,15H2,1H3. The van der Waals surface area contributed by atoms with Gasteiger partial charge in [0.1, 0.15) is 0 Å². The molecule has 1 aromatic carbocycles. The number of nitrogen functional groups attached to an aromatic ring is 1. The quantitative estimate of drug-likeness (QED) is 0.615. The molecule has 0 heterocycles. The molecule has 0 spiro atoms. The average Bonchev–Trinajstić information content (AvgIpc) is 2.37. The van der Waals surface area contributed by atoms with Crippen molar-refractivity contribution in [2.45, 2.75) is 19.3 Å². The molecule has 0 aliphatic rings. The number of carbonyl (C=O) groups is 1. The lowest BCUT2D eigenvalue weighted by molar-refractivity contribution is 0.0792. The van der Waals surface area contributed by atoms with Crippen LogP contribution >= 0.6 is 11.6 Å². The van der Waals surface area contributed by atoms with Gasteiger partial charge in [-0.1, -0.05) is 11.6 Å². The Morgan fingerprint density at radius 1 is 1.39 bits per heavy atom. The summed E-state index contributed by atoms with van der Waals surface area (Å²) in [5.41, 5.74) is 6.62. The predicted octanol–water partition coefficient (Wildman–Crippen LogP) is 2.16. The molecule has 1 rings (SSSR count). The molecule has 1 aromatic rings. The van der Waals surface area contributed by atoms with Gasteiger partial charge in [-0.2, -0.15) is 0 Å². The molecule has 0 saturated heterocycles. The van der Waals surface area contributed by atoms with E-state index in [1.807, 2.05) is 0 Å². The summed E-state index contributed by atoms with van der Waals surface area (Å²) in [7, 11) is 1.76. The Kier molecular flexibility index (Phi) is 5.95. The first kappa shape index (κ1) is 14.8. The number of amides is 1. The Hall–Kier alpha value is -1.26. The lowest BCUT2D eigenvalue weighted by Crippen LogP contribution is -2.27. The van der Waals surface area contributed by atoms with Crippen molar-refractivity contribution in [2.24, 2.45) is 0 Å². The number of aliphatic hydroxyl groups is 1. The number of carbonyl (C=O) groups excluding carboxylic acids is 1. The molecule has 5 heteroatoms. The molecule has 4 nitrogen and oxygen atoms in total. The SMILES string of the molecule is CN(CCCCCO)C(=O)c1ccc(Cl)c(N)c1. The summed E-state index contributed by atoms with van der Waals surface area (Å²) in [5.74, 6) is -0.0673. The maximum absolute atomic E-state index is 12.0. The fourth-order valence-corrected chi connectivity index (χ4v) is 1.75. The molecule has 0 radical (unpaired) electrons. The maximum Gasteiger partial charge on any atom is 0.253 e. The number of nitrogens with two attached hydrogens (primary N) is 1. The van der Waals surface area contributed by atoms with Gasteiger partial charge in [-0.25, -0.2) is 0 Å². The van der Waals surface area contributed by atoms with Crippen molar-refractivity contribution in [3.63, 3.8) is 0 Å². The minimum absolute atomic E-state index is 0.0673. The molecule has 3 N–H and O–H groups in total. The number of hydrogen-bond acceptors (Lipinski definition) is 3. The fourth-order valence-electron chi connectivity index (χ4n) is 1.64. The smallest absolute Gasteiger partial charge is 0.253 e. The molecule has 0 saturated carbocycles. The number of benzene rings is 1. The largest absolute Gasteiger partial charge is 0.398 e. The second kappa shape index (κ2) is 7.24. The summed E-state index contributed by atoms with van der Waals surface area (Å²) in [6.07, 6.45) is 2.57. The third kappa shape index (κ3) is 4.20. The third-order valence-corrected chi connectivity index (χ3v) is 3.09. The van der Waals surface area contributed by atoms with Crippen LogP contribution in [0.15, 0.2) is 18.2 Å². The number of aliphatic hydroxyl groups excluding tert-OH is 1. The van der Waals surface area contributed by atoms with Crippen LogP contribution in [-0.2, 0) is 0 Å². The summed E-state index contributed by atoms with van der Waals surface area (Å²) in [4.78, 5) is 13.7. The first-order valence-electron chi connectivity index (χ1n) is 5.97. The third-order valence-electron chi connectivity index (χ3n) is 2.74. The van der Waals surface area contributed by atoms with E-state index in [1.165, 1.54) is 0 Å². The number of halogens is 1.